The van der Waals surface area contributed by atoms with E-state index in [4.69, 9.17) is 5.73 Å². The number of aliphatic hydroxyl groups is 1. The number of aryl methyl sites for hydroxylation is 1. The van der Waals surface area contributed by atoms with E-state index in [1.165, 1.54) is 12.1 Å². The van der Waals surface area contributed by atoms with Crippen LogP contribution in [0.25, 0.3) is 0 Å². The molecule has 0 spiro atoms. The third-order valence-corrected chi connectivity index (χ3v) is 2.36. The molecule has 14 heavy (non-hydrogen) atoms. The summed E-state index contributed by atoms with van der Waals surface area (Å²) in [7, 11) is 0. The zero-order valence-electron chi connectivity index (χ0n) is 8.50. The topological polar surface area (TPSA) is 46.2 Å². The van der Waals surface area contributed by atoms with Gasteiger partial charge >= 0.3 is 0 Å². The Labute approximate surface area is 83.6 Å². The smallest absolute Gasteiger partial charge is 0.123 e. The van der Waals surface area contributed by atoms with Crippen molar-refractivity contribution in [3.05, 3.63) is 35.1 Å². The van der Waals surface area contributed by atoms with Gasteiger partial charge in [-0.1, -0.05) is 13.0 Å². The van der Waals surface area contributed by atoms with E-state index in [2.05, 4.69) is 0 Å². The van der Waals surface area contributed by atoms with Crippen LogP contribution in [0.3, 0.4) is 0 Å². The molecular weight excluding hydrogens is 181 g/mol. The van der Waals surface area contributed by atoms with Crippen LogP contribution in [0.2, 0.25) is 0 Å². The molecule has 2 atom stereocenters. The maximum absolute atomic E-state index is 12.9. The Morgan fingerprint density at radius 2 is 2.14 bits per heavy atom. The zero-order valence-corrected chi connectivity index (χ0v) is 8.50. The molecule has 0 saturated heterocycles. The maximum Gasteiger partial charge on any atom is 0.123 e. The normalized spacial score (nSPS) is 15.2. The Morgan fingerprint density at radius 1 is 1.50 bits per heavy atom. The molecule has 0 saturated carbocycles. The molecule has 0 heterocycles. The highest BCUT2D eigenvalue weighted by atomic mass is 19.1. The van der Waals surface area contributed by atoms with Gasteiger partial charge in [-0.15, -0.1) is 0 Å². The minimum Gasteiger partial charge on any atom is -0.391 e. The first kappa shape index (κ1) is 11.1. The van der Waals surface area contributed by atoms with Crippen molar-refractivity contribution < 1.29 is 9.50 Å². The van der Waals surface area contributed by atoms with Crippen molar-refractivity contribution in [3.8, 4) is 0 Å². The van der Waals surface area contributed by atoms with E-state index in [-0.39, 0.29) is 5.82 Å². The van der Waals surface area contributed by atoms with Crippen LogP contribution in [0.5, 0.6) is 0 Å². The van der Waals surface area contributed by atoms with E-state index in [0.717, 1.165) is 11.1 Å². The zero-order chi connectivity index (χ0) is 10.7. The molecule has 0 fully saturated rings. The van der Waals surface area contributed by atoms with Gasteiger partial charge in [-0.25, -0.2) is 4.39 Å². The monoisotopic (exact) mass is 197 g/mol. The van der Waals surface area contributed by atoms with Crippen LogP contribution in [0.1, 0.15) is 31.0 Å². The van der Waals surface area contributed by atoms with Crippen molar-refractivity contribution in [2.24, 2.45) is 5.73 Å². The highest BCUT2D eigenvalue weighted by Crippen LogP contribution is 2.20. The highest BCUT2D eigenvalue weighted by molar-refractivity contribution is 5.31. The van der Waals surface area contributed by atoms with E-state index in [9.17, 15) is 9.50 Å². The van der Waals surface area contributed by atoms with Crippen LogP contribution in [-0.2, 0) is 6.42 Å². The molecule has 1 unspecified atom stereocenters. The summed E-state index contributed by atoms with van der Waals surface area (Å²) in [6, 6.07) is 4.05. The number of benzene rings is 1. The minimum absolute atomic E-state index is 0.261. The first-order chi connectivity index (χ1) is 6.56. The van der Waals surface area contributed by atoms with Crippen molar-refractivity contribution in [1.29, 1.82) is 0 Å². The molecule has 3 heteroatoms. The molecule has 0 aliphatic carbocycles. The lowest BCUT2D eigenvalue weighted by molar-refractivity contribution is 0.164. The van der Waals surface area contributed by atoms with E-state index in [1.807, 2.05) is 6.92 Å². The van der Waals surface area contributed by atoms with Gasteiger partial charge in [0.1, 0.15) is 5.82 Å². The van der Waals surface area contributed by atoms with Gasteiger partial charge in [0.2, 0.25) is 0 Å². The molecule has 0 aromatic heterocycles. The third kappa shape index (κ3) is 2.30. The second-order valence-corrected chi connectivity index (χ2v) is 3.46. The fraction of sp³-hybridized carbons (Fsp3) is 0.455. The first-order valence-electron chi connectivity index (χ1n) is 4.78. The molecule has 0 amide bonds. The summed E-state index contributed by atoms with van der Waals surface area (Å²) in [5.41, 5.74) is 7.47. The van der Waals surface area contributed by atoms with Crippen molar-refractivity contribution in [3.63, 3.8) is 0 Å². The van der Waals surface area contributed by atoms with E-state index >= 15 is 0 Å². The Kier molecular flexibility index (Phi) is 3.61. The average molecular weight is 197 g/mol. The van der Waals surface area contributed by atoms with Gasteiger partial charge in [0, 0.05) is 0 Å². The van der Waals surface area contributed by atoms with Gasteiger partial charge in [-0.2, -0.15) is 0 Å². The van der Waals surface area contributed by atoms with Crippen LogP contribution in [0, 0.1) is 5.82 Å². The largest absolute Gasteiger partial charge is 0.391 e. The number of halogens is 1. The lowest BCUT2D eigenvalue weighted by Crippen LogP contribution is -2.24. The number of nitrogens with two attached hydrogens (primary N) is 1. The lowest BCUT2D eigenvalue weighted by atomic mass is 9.96. The molecule has 2 nitrogen and oxygen atoms in total. The predicted octanol–water partition coefficient (Wildman–Crippen LogP) is 1.77. The summed E-state index contributed by atoms with van der Waals surface area (Å²) in [4.78, 5) is 0. The lowest BCUT2D eigenvalue weighted by Gasteiger charge is -2.18. The van der Waals surface area contributed by atoms with Crippen LogP contribution in [-0.4, -0.2) is 11.2 Å². The Hall–Kier alpha value is -0.930. The Bertz CT molecular complexity index is 312. The van der Waals surface area contributed by atoms with Crippen LogP contribution >= 0.6 is 0 Å². The molecular formula is C11H16FNO. The Balaban J connectivity index is 3.07. The molecule has 0 bridgehead atoms. The van der Waals surface area contributed by atoms with Gasteiger partial charge in [0.05, 0.1) is 12.1 Å². The van der Waals surface area contributed by atoms with Gasteiger partial charge in [0.15, 0.2) is 0 Å². The van der Waals surface area contributed by atoms with Crippen LogP contribution < -0.4 is 5.73 Å². The third-order valence-electron chi connectivity index (χ3n) is 2.36. The second kappa shape index (κ2) is 4.53. The van der Waals surface area contributed by atoms with Crippen LogP contribution in [0.15, 0.2) is 18.2 Å². The summed E-state index contributed by atoms with van der Waals surface area (Å²) in [6.07, 6.45) is 0.0961. The summed E-state index contributed by atoms with van der Waals surface area (Å²) >= 11 is 0. The van der Waals surface area contributed by atoms with Crippen LogP contribution in [0.4, 0.5) is 4.39 Å². The summed E-state index contributed by atoms with van der Waals surface area (Å²) in [5.74, 6) is -0.261. The minimum atomic E-state index is -0.620. The molecule has 1 aromatic rings. The highest BCUT2D eigenvalue weighted by Gasteiger charge is 2.15. The summed E-state index contributed by atoms with van der Waals surface area (Å²) < 4.78 is 12.9. The molecule has 3 N–H and O–H groups in total. The molecule has 1 rings (SSSR count). The second-order valence-electron chi connectivity index (χ2n) is 3.46. The van der Waals surface area contributed by atoms with E-state index in [1.54, 1.807) is 13.0 Å². The Morgan fingerprint density at radius 3 is 2.64 bits per heavy atom. The number of aliphatic hydroxyl groups excluding tert-OH is 1. The molecule has 1 aromatic carbocycles. The average Bonchev–Trinajstić information content (AvgIpc) is 2.16. The van der Waals surface area contributed by atoms with E-state index in [0.29, 0.717) is 6.42 Å². The maximum atomic E-state index is 12.9. The SMILES string of the molecule is CCc1cc(F)ccc1[C@H](N)C(C)O. The molecule has 0 aliphatic heterocycles. The number of hydrogen-bond donors (Lipinski definition) is 2. The van der Waals surface area contributed by atoms with Gasteiger partial charge in [0.25, 0.3) is 0 Å². The predicted molar refractivity (Wildman–Crippen MR) is 54.4 cm³/mol. The van der Waals surface area contributed by atoms with E-state index < -0.39 is 12.1 Å². The molecule has 0 aliphatic rings. The molecule has 0 radical (unpaired) electrons. The number of rotatable bonds is 3. The quantitative estimate of drug-likeness (QED) is 0.775. The number of hydrogen-bond acceptors (Lipinski definition) is 2. The standard InChI is InChI=1S/C11H16FNO/c1-3-8-6-9(12)4-5-10(8)11(13)7(2)14/h4-7,11,14H,3,13H2,1-2H3/t7?,11-/m1/s1. The van der Waals surface area contributed by atoms with Gasteiger partial charge < -0.3 is 10.8 Å². The van der Waals surface area contributed by atoms with Gasteiger partial charge in [-0.3, -0.25) is 0 Å². The molecule has 78 valence electrons. The van der Waals surface area contributed by atoms with Crippen molar-refractivity contribution >= 4 is 0 Å². The summed E-state index contributed by atoms with van der Waals surface area (Å²) in [6.45, 7) is 3.57. The van der Waals surface area contributed by atoms with Crippen molar-refractivity contribution in [2.75, 3.05) is 0 Å². The fourth-order valence-corrected chi connectivity index (χ4v) is 1.47. The first-order valence-corrected chi connectivity index (χ1v) is 4.78. The summed E-state index contributed by atoms with van der Waals surface area (Å²) in [5, 5.41) is 9.34. The van der Waals surface area contributed by atoms with Gasteiger partial charge in [-0.05, 0) is 36.6 Å². The van der Waals surface area contributed by atoms with Crippen molar-refractivity contribution in [1.82, 2.24) is 0 Å². The van der Waals surface area contributed by atoms with Crippen molar-refractivity contribution in [2.45, 2.75) is 32.4 Å². The fourth-order valence-electron chi connectivity index (χ4n) is 1.47.